The van der Waals surface area contributed by atoms with Gasteiger partial charge in [-0.3, -0.25) is 14.5 Å². The van der Waals surface area contributed by atoms with Crippen molar-refractivity contribution in [3.8, 4) is 0 Å². The largest absolute Gasteiger partial charge is 0.440 e. The number of carbonyl (C=O) groups excluding carboxylic acids is 3. The van der Waals surface area contributed by atoms with E-state index in [0.29, 0.717) is 37.0 Å². The van der Waals surface area contributed by atoms with E-state index >= 15 is 4.39 Å². The Morgan fingerprint density at radius 2 is 1.29 bits per heavy atom. The summed E-state index contributed by atoms with van der Waals surface area (Å²) in [5.41, 5.74) is 1.12. The average Bonchev–Trinajstić information content (AvgIpc) is 3.73. The summed E-state index contributed by atoms with van der Waals surface area (Å²) in [6, 6.07) is 16.6. The molecule has 0 spiro atoms. The summed E-state index contributed by atoms with van der Waals surface area (Å²) in [4.78, 5) is 41.3. The van der Waals surface area contributed by atoms with Gasteiger partial charge >= 0.3 is 5.97 Å². The zero-order chi connectivity index (χ0) is 40.3. The predicted octanol–water partition coefficient (Wildman–Crippen LogP) is 7.68. The van der Waals surface area contributed by atoms with Gasteiger partial charge in [0.1, 0.15) is 11.6 Å². The Labute approximate surface area is 337 Å². The van der Waals surface area contributed by atoms with Gasteiger partial charge in [-0.25, -0.2) is 22.9 Å². The maximum Gasteiger partial charge on any atom is 0.339 e. The molecule has 56 heavy (non-hydrogen) atoms. The highest BCUT2D eigenvalue weighted by Crippen LogP contribution is 2.27. The molecule has 0 fully saturated rings. The van der Waals surface area contributed by atoms with Crippen LogP contribution >= 0.6 is 46.4 Å². The van der Waals surface area contributed by atoms with Crippen molar-refractivity contribution in [2.24, 2.45) is 0 Å². The fourth-order valence-electron chi connectivity index (χ4n) is 5.42. The first-order valence-corrected chi connectivity index (χ1v) is 17.9. The highest BCUT2D eigenvalue weighted by molar-refractivity contribution is 6.42. The summed E-state index contributed by atoms with van der Waals surface area (Å²) in [5, 5.41) is 29.5. The number of anilines is 2. The third-order valence-electron chi connectivity index (χ3n) is 8.52. The molecule has 0 bridgehead atoms. The van der Waals surface area contributed by atoms with E-state index in [9.17, 15) is 23.9 Å². The van der Waals surface area contributed by atoms with E-state index in [1.165, 1.54) is 21.5 Å². The number of benzene rings is 4. The van der Waals surface area contributed by atoms with Crippen LogP contribution in [0.2, 0.25) is 20.1 Å². The van der Waals surface area contributed by atoms with E-state index in [-0.39, 0.29) is 47.0 Å². The fourth-order valence-corrected chi connectivity index (χ4v) is 6.06. The van der Waals surface area contributed by atoms with Crippen molar-refractivity contribution in [3.05, 3.63) is 150 Å². The normalized spacial score (nSPS) is 11.1. The van der Waals surface area contributed by atoms with Gasteiger partial charge in [0.25, 0.3) is 11.8 Å². The molecule has 2 N–H and O–H groups in total. The SMILES string of the molecule is Cc1c(C(=O)Nc2cc(C(=O)OCN(C(=O)c3nnn(Cc4ccc(Cl)c(Cl)c4)c3C)c3cc(CO)ccc3F)ccc2F)nnn1Cc1ccc(Cl)c(Cl)c1. The van der Waals surface area contributed by atoms with Gasteiger partial charge in [0.15, 0.2) is 18.1 Å². The maximum absolute atomic E-state index is 15.3. The van der Waals surface area contributed by atoms with Crippen LogP contribution in [0.3, 0.4) is 0 Å². The average molecular weight is 844 g/mol. The van der Waals surface area contributed by atoms with Crippen LogP contribution < -0.4 is 10.2 Å². The van der Waals surface area contributed by atoms with E-state index in [0.717, 1.165) is 34.7 Å². The van der Waals surface area contributed by atoms with E-state index in [1.807, 2.05) is 0 Å². The van der Waals surface area contributed by atoms with Crippen molar-refractivity contribution in [2.75, 3.05) is 16.9 Å². The molecule has 0 radical (unpaired) electrons. The number of aliphatic hydroxyl groups excluding tert-OH is 1. The number of esters is 1. The summed E-state index contributed by atoms with van der Waals surface area (Å²) >= 11 is 24.3. The van der Waals surface area contributed by atoms with E-state index in [4.69, 9.17) is 51.1 Å². The number of rotatable bonds is 12. The van der Waals surface area contributed by atoms with Gasteiger partial charge in [0.2, 0.25) is 0 Å². The lowest BCUT2D eigenvalue weighted by Crippen LogP contribution is -2.36. The van der Waals surface area contributed by atoms with Crippen molar-refractivity contribution < 1.29 is 33.0 Å². The third-order valence-corrected chi connectivity index (χ3v) is 10.00. The summed E-state index contributed by atoms with van der Waals surface area (Å²) in [5.74, 6) is -4.51. The minimum atomic E-state index is -1.05. The molecule has 0 aliphatic heterocycles. The minimum absolute atomic E-state index is 0.108. The lowest BCUT2D eigenvalue weighted by Gasteiger charge is -2.23. The molecule has 0 saturated carbocycles. The van der Waals surface area contributed by atoms with E-state index in [2.05, 4.69) is 25.9 Å². The molecule has 6 rings (SSSR count). The number of aliphatic hydroxyl groups is 1. The van der Waals surface area contributed by atoms with Crippen LogP contribution in [-0.2, 0) is 24.4 Å². The Kier molecular flexibility index (Phi) is 12.3. The van der Waals surface area contributed by atoms with Crippen molar-refractivity contribution in [3.63, 3.8) is 0 Å². The Morgan fingerprint density at radius 1 is 0.732 bits per heavy atom. The molecule has 0 aliphatic carbocycles. The van der Waals surface area contributed by atoms with Crippen LogP contribution in [0.1, 0.15) is 59.4 Å². The lowest BCUT2D eigenvalue weighted by atomic mass is 10.1. The number of nitrogens with one attached hydrogen (secondary N) is 1. The third kappa shape index (κ3) is 8.82. The van der Waals surface area contributed by atoms with Crippen LogP contribution in [0.25, 0.3) is 0 Å². The highest BCUT2D eigenvalue weighted by atomic mass is 35.5. The van der Waals surface area contributed by atoms with Crippen LogP contribution in [-0.4, -0.2) is 59.6 Å². The van der Waals surface area contributed by atoms with Gasteiger partial charge in [-0.1, -0.05) is 75.0 Å². The van der Waals surface area contributed by atoms with Gasteiger partial charge in [0, 0.05) is 0 Å². The van der Waals surface area contributed by atoms with Crippen molar-refractivity contribution in [1.82, 2.24) is 30.0 Å². The molecule has 0 saturated heterocycles. The number of amides is 2. The second-order valence-electron chi connectivity index (χ2n) is 12.2. The number of carbonyl (C=O) groups is 3. The topological polar surface area (TPSA) is 157 Å². The number of aromatic nitrogens is 6. The first-order valence-electron chi connectivity index (χ1n) is 16.4. The molecule has 13 nitrogen and oxygen atoms in total. The maximum atomic E-state index is 15.3. The molecule has 0 unspecified atom stereocenters. The number of hydrogen-bond donors (Lipinski definition) is 2. The van der Waals surface area contributed by atoms with Gasteiger partial charge in [0.05, 0.1) is 68.1 Å². The van der Waals surface area contributed by atoms with Gasteiger partial charge in [-0.2, -0.15) is 0 Å². The Balaban J connectivity index is 1.20. The summed E-state index contributed by atoms with van der Waals surface area (Å²) in [6.45, 7) is 2.21. The van der Waals surface area contributed by atoms with Crippen LogP contribution in [0.4, 0.5) is 20.2 Å². The van der Waals surface area contributed by atoms with Gasteiger partial charge in [-0.05, 0) is 85.1 Å². The minimum Gasteiger partial charge on any atom is -0.440 e. The van der Waals surface area contributed by atoms with Crippen LogP contribution in [0.5, 0.6) is 0 Å². The predicted molar refractivity (Wildman–Crippen MR) is 204 cm³/mol. The summed E-state index contributed by atoms with van der Waals surface area (Å²) in [6.07, 6.45) is 0. The zero-order valence-corrected chi connectivity index (χ0v) is 32.3. The van der Waals surface area contributed by atoms with Crippen LogP contribution in [0, 0.1) is 25.5 Å². The first-order chi connectivity index (χ1) is 26.7. The summed E-state index contributed by atoms with van der Waals surface area (Å²) < 4.78 is 38.6. The molecule has 2 heterocycles. The molecule has 288 valence electrons. The molecule has 2 aromatic heterocycles. The van der Waals surface area contributed by atoms with Crippen LogP contribution in [0.15, 0.2) is 72.8 Å². The number of nitrogens with zero attached hydrogens (tertiary/aromatic N) is 7. The molecule has 4 aromatic carbocycles. The van der Waals surface area contributed by atoms with Crippen molar-refractivity contribution >= 4 is 75.6 Å². The standard InChI is InChI=1S/C37H28Cl4F2N8O5/c1-19-33(45-47-50(19)15-21-3-7-25(38)27(40)11-21)35(53)44-31-14-24(6-10-29(31)42)37(55)56-18-49(32-13-23(17-52)5-9-30(32)43)36(54)34-20(2)51(48-46-34)16-22-4-8-26(39)28(41)12-22/h3-14,52H,15-18H2,1-2H3,(H,44,53). The molecule has 0 atom stereocenters. The Bertz CT molecular complexity index is 2500. The van der Waals surface area contributed by atoms with Crippen molar-refractivity contribution in [2.45, 2.75) is 33.5 Å². The quantitative estimate of drug-likeness (QED) is 0.0932. The Hall–Kier alpha value is -5.45. The fraction of sp³-hybridized carbons (Fsp3) is 0.162. The molecular formula is C37H28Cl4F2N8O5. The number of ether oxygens (including phenoxy) is 1. The van der Waals surface area contributed by atoms with Gasteiger partial charge in [-0.15, -0.1) is 10.2 Å². The van der Waals surface area contributed by atoms with Gasteiger partial charge < -0.3 is 15.2 Å². The second-order valence-corrected chi connectivity index (χ2v) is 13.9. The zero-order valence-electron chi connectivity index (χ0n) is 29.2. The van der Waals surface area contributed by atoms with Crippen molar-refractivity contribution in [1.29, 1.82) is 0 Å². The van der Waals surface area contributed by atoms with E-state index < -0.39 is 42.8 Å². The molecular weight excluding hydrogens is 816 g/mol. The molecule has 6 aromatic rings. The molecule has 0 aliphatic rings. The number of hydrogen-bond acceptors (Lipinski definition) is 9. The lowest BCUT2D eigenvalue weighted by molar-refractivity contribution is 0.0497. The Morgan fingerprint density at radius 3 is 1.88 bits per heavy atom. The van der Waals surface area contributed by atoms with E-state index in [1.54, 1.807) is 50.2 Å². The smallest absolute Gasteiger partial charge is 0.339 e. The second kappa shape index (κ2) is 17.1. The highest BCUT2D eigenvalue weighted by Gasteiger charge is 2.28. The summed E-state index contributed by atoms with van der Waals surface area (Å²) in [7, 11) is 0. The monoisotopic (exact) mass is 842 g/mol. The molecule has 19 heteroatoms. The molecule has 2 amide bonds. The number of halogens is 6. The first kappa shape index (κ1) is 40.2.